The van der Waals surface area contributed by atoms with E-state index in [2.05, 4.69) is 4.98 Å². The monoisotopic (exact) mass is 419 g/mol. The van der Waals surface area contributed by atoms with Crippen molar-refractivity contribution in [3.63, 3.8) is 0 Å². The van der Waals surface area contributed by atoms with Crippen LogP contribution in [0.15, 0.2) is 17.1 Å². The fraction of sp³-hybridized carbons (Fsp3) is 0.647. The van der Waals surface area contributed by atoms with Gasteiger partial charge in [-0.15, -0.1) is 0 Å². The van der Waals surface area contributed by atoms with Gasteiger partial charge in [-0.25, -0.2) is 18.4 Å². The Morgan fingerprint density at radius 1 is 1.34 bits per heavy atom. The Morgan fingerprint density at radius 3 is 2.66 bits per heavy atom. The van der Waals surface area contributed by atoms with Crippen molar-refractivity contribution in [2.45, 2.75) is 44.6 Å². The van der Waals surface area contributed by atoms with Crippen molar-refractivity contribution in [3.8, 4) is 0 Å². The van der Waals surface area contributed by atoms with E-state index in [0.29, 0.717) is 4.57 Å². The van der Waals surface area contributed by atoms with Crippen molar-refractivity contribution < 1.29 is 37.7 Å². The summed E-state index contributed by atoms with van der Waals surface area (Å²) in [7, 11) is 0. The lowest BCUT2D eigenvalue weighted by molar-refractivity contribution is -0.224. The molecular weight excluding hydrogens is 396 g/mol. The zero-order valence-electron chi connectivity index (χ0n) is 15.9. The Balaban J connectivity index is 1.96. The standard InChI is InChI=1S/C17H23F2N3O7/c1-8(2)9(23)5-27-7-12(24)28-6-10-15(25)13(18)14(19)16(29-10)22-4-3-11(20)21-17(22)26/h3-4,8,10,13-16,25H,5-7H2,1-2H3,(H2,20,21,26)/t10-,13-,14?,15?,16-/m1/s1. The molecule has 0 aromatic carbocycles. The highest BCUT2D eigenvalue weighted by atomic mass is 19.2. The molecule has 1 aromatic heterocycles. The highest BCUT2D eigenvalue weighted by Crippen LogP contribution is 2.31. The highest BCUT2D eigenvalue weighted by molar-refractivity contribution is 5.81. The number of aliphatic hydroxyl groups excluding tert-OH is 1. The number of hydrogen-bond donors (Lipinski definition) is 2. The van der Waals surface area contributed by atoms with Crippen LogP contribution in [0.2, 0.25) is 0 Å². The van der Waals surface area contributed by atoms with Crippen molar-refractivity contribution >= 4 is 17.6 Å². The first kappa shape index (κ1) is 22.8. The number of alkyl halides is 2. The topological polar surface area (TPSA) is 143 Å². The van der Waals surface area contributed by atoms with Crippen molar-refractivity contribution in [2.24, 2.45) is 5.92 Å². The SMILES string of the molecule is CC(C)C(=O)COCC(=O)OC[C@H]1O[C@@H](n2ccc(N)nc2=O)C(F)[C@@H](F)C1O. The van der Waals surface area contributed by atoms with E-state index in [0.717, 1.165) is 6.20 Å². The molecule has 3 N–H and O–H groups in total. The Hall–Kier alpha value is -2.44. The van der Waals surface area contributed by atoms with Gasteiger partial charge >= 0.3 is 11.7 Å². The molecule has 0 amide bonds. The molecule has 0 saturated carbocycles. The second kappa shape index (κ2) is 9.85. The molecule has 29 heavy (non-hydrogen) atoms. The third kappa shape index (κ3) is 5.78. The lowest BCUT2D eigenvalue weighted by Gasteiger charge is -2.38. The highest BCUT2D eigenvalue weighted by Gasteiger charge is 2.47. The molecule has 12 heteroatoms. The minimum Gasteiger partial charge on any atom is -0.461 e. The van der Waals surface area contributed by atoms with Crippen LogP contribution in [0, 0.1) is 5.92 Å². The van der Waals surface area contributed by atoms with Gasteiger partial charge in [0.1, 0.15) is 37.8 Å². The first-order chi connectivity index (χ1) is 13.6. The number of Topliss-reactive ketones (excluding diaryl/α,β-unsaturated/α-hetero) is 1. The lowest BCUT2D eigenvalue weighted by Crippen LogP contribution is -2.55. The summed E-state index contributed by atoms with van der Waals surface area (Å²) in [5.74, 6) is -1.47. The molecule has 0 spiro atoms. The van der Waals surface area contributed by atoms with Crippen LogP contribution in [0.4, 0.5) is 14.6 Å². The summed E-state index contributed by atoms with van der Waals surface area (Å²) in [5.41, 5.74) is 4.39. The molecule has 5 atom stereocenters. The number of nitrogens with two attached hydrogens (primary N) is 1. The zero-order valence-corrected chi connectivity index (χ0v) is 15.9. The van der Waals surface area contributed by atoms with E-state index in [1.165, 1.54) is 6.07 Å². The minimum absolute atomic E-state index is 0.115. The quantitative estimate of drug-likeness (QED) is 0.535. The van der Waals surface area contributed by atoms with Gasteiger partial charge in [0.15, 0.2) is 24.4 Å². The number of esters is 1. The number of ether oxygens (including phenoxy) is 3. The summed E-state index contributed by atoms with van der Waals surface area (Å²) in [6.07, 6.45) is -8.82. The van der Waals surface area contributed by atoms with Gasteiger partial charge in [-0.3, -0.25) is 9.36 Å². The van der Waals surface area contributed by atoms with Crippen molar-refractivity contribution in [1.82, 2.24) is 9.55 Å². The molecule has 1 fully saturated rings. The van der Waals surface area contributed by atoms with Crippen LogP contribution in [-0.2, 0) is 23.8 Å². The third-order valence-electron chi connectivity index (χ3n) is 4.24. The maximum atomic E-state index is 14.3. The molecule has 1 aromatic rings. The predicted molar refractivity (Wildman–Crippen MR) is 94.2 cm³/mol. The molecule has 10 nitrogen and oxygen atoms in total. The summed E-state index contributed by atoms with van der Waals surface area (Å²) in [4.78, 5) is 38.4. The average molecular weight is 419 g/mol. The maximum Gasteiger partial charge on any atom is 0.351 e. The molecule has 1 aliphatic rings. The van der Waals surface area contributed by atoms with Gasteiger partial charge in [-0.1, -0.05) is 13.8 Å². The molecule has 1 saturated heterocycles. The summed E-state index contributed by atoms with van der Waals surface area (Å²) in [5, 5.41) is 9.88. The van der Waals surface area contributed by atoms with Crippen LogP contribution in [0.25, 0.3) is 0 Å². The molecule has 2 unspecified atom stereocenters. The van der Waals surface area contributed by atoms with Crippen LogP contribution in [0.5, 0.6) is 0 Å². The predicted octanol–water partition coefficient (Wildman–Crippen LogP) is -0.455. The van der Waals surface area contributed by atoms with E-state index in [1.807, 2.05) is 0 Å². The first-order valence-electron chi connectivity index (χ1n) is 8.84. The molecule has 0 aliphatic carbocycles. The van der Waals surface area contributed by atoms with Gasteiger partial charge in [0, 0.05) is 12.1 Å². The summed E-state index contributed by atoms with van der Waals surface area (Å²) < 4.78 is 44.2. The lowest BCUT2D eigenvalue weighted by atomic mass is 10.0. The van der Waals surface area contributed by atoms with Crippen LogP contribution in [-0.4, -0.2) is 70.8 Å². The second-order valence-corrected chi connectivity index (χ2v) is 6.78. The molecule has 2 rings (SSSR count). The number of anilines is 1. The number of hydrogen-bond acceptors (Lipinski definition) is 9. The van der Waals surface area contributed by atoms with Gasteiger partial charge in [0.05, 0.1) is 0 Å². The largest absolute Gasteiger partial charge is 0.461 e. The number of aromatic nitrogens is 2. The summed E-state index contributed by atoms with van der Waals surface area (Å²) >= 11 is 0. The van der Waals surface area contributed by atoms with Crippen LogP contribution in [0.3, 0.4) is 0 Å². The Morgan fingerprint density at radius 2 is 2.03 bits per heavy atom. The number of rotatable bonds is 8. The molecule has 0 bridgehead atoms. The molecule has 1 aliphatic heterocycles. The fourth-order valence-electron chi connectivity index (χ4n) is 2.48. The second-order valence-electron chi connectivity index (χ2n) is 6.78. The smallest absolute Gasteiger partial charge is 0.351 e. The van der Waals surface area contributed by atoms with Crippen molar-refractivity contribution in [2.75, 3.05) is 25.6 Å². The first-order valence-corrected chi connectivity index (χ1v) is 8.84. The average Bonchev–Trinajstić information content (AvgIpc) is 2.66. The van der Waals surface area contributed by atoms with E-state index in [9.17, 15) is 28.3 Å². The Bertz CT molecular complexity index is 789. The van der Waals surface area contributed by atoms with Gasteiger partial charge in [-0.05, 0) is 6.07 Å². The number of nitrogens with zero attached hydrogens (tertiary/aromatic N) is 2. The van der Waals surface area contributed by atoms with Gasteiger partial charge < -0.3 is 25.1 Å². The van der Waals surface area contributed by atoms with Crippen molar-refractivity contribution in [1.29, 1.82) is 0 Å². The van der Waals surface area contributed by atoms with E-state index in [4.69, 9.17) is 19.9 Å². The number of carbonyl (C=O) groups excluding carboxylic acids is 2. The van der Waals surface area contributed by atoms with Gasteiger partial charge in [0.25, 0.3) is 0 Å². The number of halogens is 2. The fourth-order valence-corrected chi connectivity index (χ4v) is 2.48. The van der Waals surface area contributed by atoms with Crippen LogP contribution >= 0.6 is 0 Å². The molecule has 162 valence electrons. The normalized spacial score (nSPS) is 27.0. The number of ketones is 1. The Labute approximate surface area is 164 Å². The van der Waals surface area contributed by atoms with Crippen molar-refractivity contribution in [3.05, 3.63) is 22.7 Å². The summed E-state index contributed by atoms with van der Waals surface area (Å²) in [6, 6.07) is 1.20. The number of nitrogen functional groups attached to an aromatic ring is 1. The van der Waals surface area contributed by atoms with E-state index in [-0.39, 0.29) is 24.1 Å². The maximum absolute atomic E-state index is 14.3. The van der Waals surface area contributed by atoms with Crippen LogP contribution in [0.1, 0.15) is 20.1 Å². The number of carbonyl (C=O) groups is 2. The molecular formula is C17H23F2N3O7. The third-order valence-corrected chi connectivity index (χ3v) is 4.24. The Kier molecular flexibility index (Phi) is 7.76. The van der Waals surface area contributed by atoms with Crippen LogP contribution < -0.4 is 11.4 Å². The molecule has 0 radical (unpaired) electrons. The zero-order chi connectivity index (χ0) is 21.7. The van der Waals surface area contributed by atoms with E-state index < -0.39 is 55.7 Å². The van der Waals surface area contributed by atoms with E-state index >= 15 is 0 Å². The van der Waals surface area contributed by atoms with Gasteiger partial charge in [-0.2, -0.15) is 4.98 Å². The van der Waals surface area contributed by atoms with E-state index in [1.54, 1.807) is 13.8 Å². The number of aliphatic hydroxyl groups is 1. The van der Waals surface area contributed by atoms with Gasteiger partial charge in [0.2, 0.25) is 0 Å². The molecule has 2 heterocycles. The summed E-state index contributed by atoms with van der Waals surface area (Å²) in [6.45, 7) is 1.91. The minimum atomic E-state index is -2.40.